The van der Waals surface area contributed by atoms with Gasteiger partial charge in [0.25, 0.3) is 0 Å². The Bertz CT molecular complexity index is 444. The summed E-state index contributed by atoms with van der Waals surface area (Å²) in [5, 5.41) is 6.54. The quantitative estimate of drug-likeness (QED) is 0.418. The molecule has 22 heavy (non-hydrogen) atoms. The van der Waals surface area contributed by atoms with E-state index in [9.17, 15) is 4.39 Å². The highest BCUT2D eigenvalue weighted by molar-refractivity contribution is 5.79. The summed E-state index contributed by atoms with van der Waals surface area (Å²) in [5.41, 5.74) is 0.875. The first-order valence-corrected chi connectivity index (χ1v) is 8.18. The number of nitrogens with one attached hydrogen (secondary N) is 2. The SMILES string of the molecule is CCNC(=NCc1cccc(F)c1)NCCCN(CC)CC. The second-order valence-corrected chi connectivity index (χ2v) is 5.13. The minimum Gasteiger partial charge on any atom is -0.357 e. The second-order valence-electron chi connectivity index (χ2n) is 5.13. The zero-order valence-electron chi connectivity index (χ0n) is 14.0. The van der Waals surface area contributed by atoms with Gasteiger partial charge in [0.1, 0.15) is 5.82 Å². The van der Waals surface area contributed by atoms with Crippen LogP contribution in [0.1, 0.15) is 32.8 Å². The molecule has 0 saturated carbocycles. The molecule has 0 aliphatic carbocycles. The van der Waals surface area contributed by atoms with Gasteiger partial charge in [-0.15, -0.1) is 0 Å². The maximum atomic E-state index is 13.1. The number of rotatable bonds is 9. The molecular formula is C17H29FN4. The summed E-state index contributed by atoms with van der Waals surface area (Å²) < 4.78 is 13.1. The van der Waals surface area contributed by atoms with Crippen LogP contribution in [0.3, 0.4) is 0 Å². The van der Waals surface area contributed by atoms with E-state index >= 15 is 0 Å². The van der Waals surface area contributed by atoms with E-state index in [2.05, 4.69) is 34.4 Å². The van der Waals surface area contributed by atoms with E-state index < -0.39 is 0 Å². The van der Waals surface area contributed by atoms with Gasteiger partial charge in [-0.1, -0.05) is 26.0 Å². The Labute approximate surface area is 133 Å². The first-order chi connectivity index (χ1) is 10.7. The van der Waals surface area contributed by atoms with Gasteiger partial charge in [-0.05, 0) is 50.7 Å². The van der Waals surface area contributed by atoms with Gasteiger partial charge in [-0.2, -0.15) is 0 Å². The number of guanidine groups is 1. The third-order valence-electron chi connectivity index (χ3n) is 3.49. The molecule has 0 fully saturated rings. The van der Waals surface area contributed by atoms with Crippen molar-refractivity contribution in [2.45, 2.75) is 33.7 Å². The molecule has 0 heterocycles. The van der Waals surface area contributed by atoms with Crippen molar-refractivity contribution in [1.29, 1.82) is 0 Å². The third kappa shape index (κ3) is 7.41. The molecule has 0 saturated heterocycles. The molecule has 5 heteroatoms. The Morgan fingerprint density at radius 2 is 1.95 bits per heavy atom. The molecule has 0 bridgehead atoms. The van der Waals surface area contributed by atoms with Gasteiger partial charge in [0, 0.05) is 13.1 Å². The van der Waals surface area contributed by atoms with Gasteiger partial charge in [-0.25, -0.2) is 9.38 Å². The van der Waals surface area contributed by atoms with E-state index in [1.165, 1.54) is 12.1 Å². The van der Waals surface area contributed by atoms with Crippen LogP contribution in [0.5, 0.6) is 0 Å². The van der Waals surface area contributed by atoms with E-state index in [0.717, 1.165) is 50.7 Å². The van der Waals surface area contributed by atoms with Crippen LogP contribution < -0.4 is 10.6 Å². The van der Waals surface area contributed by atoms with Crippen molar-refractivity contribution in [1.82, 2.24) is 15.5 Å². The molecule has 4 nitrogen and oxygen atoms in total. The molecule has 0 unspecified atom stereocenters. The highest BCUT2D eigenvalue weighted by atomic mass is 19.1. The molecule has 0 radical (unpaired) electrons. The van der Waals surface area contributed by atoms with Gasteiger partial charge < -0.3 is 15.5 Å². The molecule has 1 aromatic carbocycles. The molecule has 0 atom stereocenters. The van der Waals surface area contributed by atoms with Crippen LogP contribution in [0.15, 0.2) is 29.3 Å². The maximum absolute atomic E-state index is 13.1. The van der Waals surface area contributed by atoms with Crippen LogP contribution in [0, 0.1) is 5.82 Å². The summed E-state index contributed by atoms with van der Waals surface area (Å²) in [4.78, 5) is 6.90. The fraction of sp³-hybridized carbons (Fsp3) is 0.588. The lowest BCUT2D eigenvalue weighted by Crippen LogP contribution is -2.38. The summed E-state index contributed by atoms with van der Waals surface area (Å²) in [5.74, 6) is 0.566. The second kappa shape index (κ2) is 11.0. The minimum absolute atomic E-state index is 0.218. The monoisotopic (exact) mass is 308 g/mol. The van der Waals surface area contributed by atoms with Crippen molar-refractivity contribution >= 4 is 5.96 Å². The molecule has 0 aliphatic heterocycles. The van der Waals surface area contributed by atoms with Crippen LogP contribution in [0.4, 0.5) is 4.39 Å². The number of aliphatic imine (C=N–C) groups is 1. The molecule has 1 aromatic rings. The Morgan fingerprint density at radius 1 is 1.18 bits per heavy atom. The van der Waals surface area contributed by atoms with Crippen molar-refractivity contribution in [3.05, 3.63) is 35.6 Å². The molecule has 124 valence electrons. The Hall–Kier alpha value is -1.62. The molecule has 0 aromatic heterocycles. The standard InChI is InChI=1S/C17H29FN4/c1-4-19-17(20-11-8-12-22(5-2)6-3)21-14-15-9-7-10-16(18)13-15/h7,9-10,13H,4-6,8,11-12,14H2,1-3H3,(H2,19,20,21). The lowest BCUT2D eigenvalue weighted by atomic mass is 10.2. The molecule has 2 N–H and O–H groups in total. The average molecular weight is 308 g/mol. The first-order valence-electron chi connectivity index (χ1n) is 8.18. The zero-order valence-corrected chi connectivity index (χ0v) is 14.0. The van der Waals surface area contributed by atoms with Crippen molar-refractivity contribution in [2.24, 2.45) is 4.99 Å². The van der Waals surface area contributed by atoms with Crippen LogP contribution in [-0.4, -0.2) is 43.6 Å². The van der Waals surface area contributed by atoms with E-state index in [0.29, 0.717) is 6.54 Å². The van der Waals surface area contributed by atoms with Gasteiger partial charge in [0.05, 0.1) is 6.54 Å². The predicted molar refractivity (Wildman–Crippen MR) is 91.6 cm³/mol. The zero-order chi connectivity index (χ0) is 16.2. The van der Waals surface area contributed by atoms with E-state index in [-0.39, 0.29) is 5.82 Å². The van der Waals surface area contributed by atoms with Gasteiger partial charge in [0.15, 0.2) is 5.96 Å². The average Bonchev–Trinajstić information content (AvgIpc) is 2.52. The van der Waals surface area contributed by atoms with Crippen molar-refractivity contribution in [3.63, 3.8) is 0 Å². The molecule has 0 aliphatic rings. The van der Waals surface area contributed by atoms with E-state index in [1.54, 1.807) is 6.07 Å². The smallest absolute Gasteiger partial charge is 0.191 e. The summed E-state index contributed by atoms with van der Waals surface area (Å²) in [6.45, 7) is 11.8. The molecule has 0 amide bonds. The first kappa shape index (κ1) is 18.4. The summed E-state index contributed by atoms with van der Waals surface area (Å²) in [6, 6.07) is 6.57. The predicted octanol–water partition coefficient (Wildman–Crippen LogP) is 2.61. The van der Waals surface area contributed by atoms with Gasteiger partial charge in [-0.3, -0.25) is 0 Å². The Balaban J connectivity index is 2.42. The maximum Gasteiger partial charge on any atom is 0.191 e. The summed E-state index contributed by atoms with van der Waals surface area (Å²) in [6.07, 6.45) is 1.08. The number of halogens is 1. The molecule has 1 rings (SSSR count). The van der Waals surface area contributed by atoms with Crippen LogP contribution in [0.25, 0.3) is 0 Å². The largest absolute Gasteiger partial charge is 0.357 e. The fourth-order valence-electron chi connectivity index (χ4n) is 2.20. The van der Waals surface area contributed by atoms with Crippen molar-refractivity contribution < 1.29 is 4.39 Å². The lowest BCUT2D eigenvalue weighted by molar-refractivity contribution is 0.300. The number of benzene rings is 1. The minimum atomic E-state index is -0.218. The number of hydrogen-bond acceptors (Lipinski definition) is 2. The number of nitrogens with zero attached hydrogens (tertiary/aromatic N) is 2. The molecule has 0 spiro atoms. The van der Waals surface area contributed by atoms with Crippen LogP contribution >= 0.6 is 0 Å². The van der Waals surface area contributed by atoms with E-state index in [1.807, 2.05) is 13.0 Å². The number of hydrogen-bond donors (Lipinski definition) is 2. The van der Waals surface area contributed by atoms with E-state index in [4.69, 9.17) is 0 Å². The summed E-state index contributed by atoms with van der Waals surface area (Å²) in [7, 11) is 0. The topological polar surface area (TPSA) is 39.7 Å². The molecular weight excluding hydrogens is 279 g/mol. The third-order valence-corrected chi connectivity index (χ3v) is 3.49. The summed E-state index contributed by atoms with van der Waals surface area (Å²) >= 11 is 0. The van der Waals surface area contributed by atoms with Crippen molar-refractivity contribution in [3.8, 4) is 0 Å². The van der Waals surface area contributed by atoms with Crippen LogP contribution in [0.2, 0.25) is 0 Å². The Morgan fingerprint density at radius 3 is 2.59 bits per heavy atom. The normalized spacial score (nSPS) is 11.8. The van der Waals surface area contributed by atoms with Gasteiger partial charge in [0.2, 0.25) is 0 Å². The van der Waals surface area contributed by atoms with Gasteiger partial charge >= 0.3 is 0 Å². The fourth-order valence-corrected chi connectivity index (χ4v) is 2.20. The van der Waals surface area contributed by atoms with Crippen LogP contribution in [-0.2, 0) is 6.54 Å². The highest BCUT2D eigenvalue weighted by Crippen LogP contribution is 2.04. The van der Waals surface area contributed by atoms with Crippen molar-refractivity contribution in [2.75, 3.05) is 32.7 Å². The highest BCUT2D eigenvalue weighted by Gasteiger charge is 2.01. The lowest BCUT2D eigenvalue weighted by Gasteiger charge is -2.18. The Kier molecular flexibility index (Phi) is 9.23.